The van der Waals surface area contributed by atoms with Crippen LogP contribution in [0.2, 0.25) is 0 Å². The van der Waals surface area contributed by atoms with Gasteiger partial charge in [0.15, 0.2) is 0 Å². The molecule has 3 heteroatoms. The van der Waals surface area contributed by atoms with E-state index in [-0.39, 0.29) is 0 Å². The van der Waals surface area contributed by atoms with Crippen LogP contribution in [0.25, 0.3) is 10.1 Å². The van der Waals surface area contributed by atoms with E-state index in [0.29, 0.717) is 6.42 Å². The van der Waals surface area contributed by atoms with Gasteiger partial charge in [-0.2, -0.15) is 0 Å². The molecule has 0 aliphatic rings. The number of hydrogen-bond donors (Lipinski definition) is 1. The Balaban J connectivity index is 2.48. The average molecular weight is 232 g/mol. The Labute approximate surface area is 98.5 Å². The molecule has 1 atom stereocenters. The number of fused-ring (bicyclic) bond motifs is 1. The van der Waals surface area contributed by atoms with Crippen LogP contribution >= 0.6 is 11.3 Å². The zero-order chi connectivity index (χ0) is 11.5. The standard InChI is InChI=1S/C13H12O2S/c1-3-10(14)8-9-4-5-12(15-2)13-11(9)6-7-16-13/h1,4-7,10,14H,8H2,2H3. The fourth-order valence-electron chi connectivity index (χ4n) is 1.70. The first-order valence-corrected chi connectivity index (χ1v) is 5.81. The minimum Gasteiger partial charge on any atom is -0.495 e. The molecule has 1 aromatic carbocycles. The molecule has 0 amide bonds. The van der Waals surface area contributed by atoms with E-state index in [4.69, 9.17) is 11.2 Å². The Bertz CT molecular complexity index is 536. The number of terminal acetylenes is 1. The molecule has 1 aromatic heterocycles. The minimum atomic E-state index is -0.725. The fourth-order valence-corrected chi connectivity index (χ4v) is 2.63. The van der Waals surface area contributed by atoms with E-state index in [1.54, 1.807) is 18.4 Å². The lowest BCUT2D eigenvalue weighted by molar-refractivity contribution is 0.234. The maximum atomic E-state index is 9.47. The first-order chi connectivity index (χ1) is 7.76. The Morgan fingerprint density at radius 3 is 3.00 bits per heavy atom. The Morgan fingerprint density at radius 2 is 2.31 bits per heavy atom. The molecule has 2 rings (SSSR count). The van der Waals surface area contributed by atoms with Crippen molar-refractivity contribution >= 4 is 21.4 Å². The lowest BCUT2D eigenvalue weighted by Crippen LogP contribution is -2.06. The highest BCUT2D eigenvalue weighted by molar-refractivity contribution is 7.17. The highest BCUT2D eigenvalue weighted by atomic mass is 32.1. The van der Waals surface area contributed by atoms with E-state index in [0.717, 1.165) is 21.4 Å². The molecule has 1 N–H and O–H groups in total. The predicted octanol–water partition coefficient (Wildman–Crippen LogP) is 2.45. The lowest BCUT2D eigenvalue weighted by atomic mass is 10.0. The van der Waals surface area contributed by atoms with Crippen molar-refractivity contribution in [2.75, 3.05) is 7.11 Å². The van der Waals surface area contributed by atoms with Crippen molar-refractivity contribution in [1.82, 2.24) is 0 Å². The van der Waals surface area contributed by atoms with Gasteiger partial charge in [-0.15, -0.1) is 17.8 Å². The first-order valence-electron chi connectivity index (χ1n) is 4.93. The first kappa shape index (κ1) is 11.0. The van der Waals surface area contributed by atoms with Gasteiger partial charge in [-0.3, -0.25) is 0 Å². The molecule has 0 bridgehead atoms. The molecule has 0 spiro atoms. The van der Waals surface area contributed by atoms with Gasteiger partial charge in [-0.05, 0) is 28.5 Å². The summed E-state index contributed by atoms with van der Waals surface area (Å²) in [5.74, 6) is 3.19. The highest BCUT2D eigenvalue weighted by Crippen LogP contribution is 2.33. The Hall–Kier alpha value is -1.50. The van der Waals surface area contributed by atoms with E-state index in [2.05, 4.69) is 5.92 Å². The summed E-state index contributed by atoms with van der Waals surface area (Å²) >= 11 is 1.63. The SMILES string of the molecule is C#CC(O)Cc1ccc(OC)c2sccc12. The van der Waals surface area contributed by atoms with Crippen molar-refractivity contribution in [3.05, 3.63) is 29.1 Å². The van der Waals surface area contributed by atoms with Gasteiger partial charge in [0.25, 0.3) is 0 Å². The molecular weight excluding hydrogens is 220 g/mol. The molecule has 2 nitrogen and oxygen atoms in total. The Kier molecular flexibility index (Phi) is 3.14. The molecule has 0 aliphatic carbocycles. The number of hydrogen-bond acceptors (Lipinski definition) is 3. The van der Waals surface area contributed by atoms with Crippen molar-refractivity contribution in [3.63, 3.8) is 0 Å². The molecule has 1 unspecified atom stereocenters. The third-order valence-electron chi connectivity index (χ3n) is 2.50. The van der Waals surface area contributed by atoms with Crippen molar-refractivity contribution < 1.29 is 9.84 Å². The summed E-state index contributed by atoms with van der Waals surface area (Å²) in [7, 11) is 1.66. The van der Waals surface area contributed by atoms with Crippen LogP contribution in [-0.4, -0.2) is 18.3 Å². The summed E-state index contributed by atoms with van der Waals surface area (Å²) in [6, 6.07) is 5.90. The van der Waals surface area contributed by atoms with Gasteiger partial charge in [0, 0.05) is 6.42 Å². The molecule has 0 saturated carbocycles. The van der Waals surface area contributed by atoms with Crippen LogP contribution in [0.1, 0.15) is 5.56 Å². The predicted molar refractivity (Wildman–Crippen MR) is 66.9 cm³/mol. The maximum Gasteiger partial charge on any atom is 0.136 e. The molecule has 1 heterocycles. The van der Waals surface area contributed by atoms with E-state index in [1.807, 2.05) is 23.6 Å². The number of thiophene rings is 1. The zero-order valence-electron chi connectivity index (χ0n) is 8.93. The van der Waals surface area contributed by atoms with Crippen LogP contribution in [-0.2, 0) is 6.42 Å². The van der Waals surface area contributed by atoms with Crippen LogP contribution in [0.15, 0.2) is 23.6 Å². The van der Waals surface area contributed by atoms with Crippen LogP contribution in [0.4, 0.5) is 0 Å². The van der Waals surface area contributed by atoms with Crippen molar-refractivity contribution in [1.29, 1.82) is 0 Å². The van der Waals surface area contributed by atoms with Crippen LogP contribution in [0.5, 0.6) is 5.75 Å². The minimum absolute atomic E-state index is 0.480. The van der Waals surface area contributed by atoms with Crippen LogP contribution < -0.4 is 4.74 Å². The van der Waals surface area contributed by atoms with E-state index >= 15 is 0 Å². The molecule has 2 aromatic rings. The topological polar surface area (TPSA) is 29.5 Å². The summed E-state index contributed by atoms with van der Waals surface area (Å²) < 4.78 is 6.38. The third kappa shape index (κ3) is 1.90. The van der Waals surface area contributed by atoms with Crippen molar-refractivity contribution in [3.8, 4) is 18.1 Å². The summed E-state index contributed by atoms with van der Waals surface area (Å²) in [4.78, 5) is 0. The summed E-state index contributed by atoms with van der Waals surface area (Å²) in [5.41, 5.74) is 1.06. The zero-order valence-corrected chi connectivity index (χ0v) is 9.75. The molecule has 0 radical (unpaired) electrons. The van der Waals surface area contributed by atoms with E-state index in [9.17, 15) is 5.11 Å². The number of aliphatic hydroxyl groups excluding tert-OH is 1. The largest absolute Gasteiger partial charge is 0.495 e. The third-order valence-corrected chi connectivity index (χ3v) is 3.43. The van der Waals surface area contributed by atoms with Crippen LogP contribution in [0, 0.1) is 12.3 Å². The van der Waals surface area contributed by atoms with Crippen LogP contribution in [0.3, 0.4) is 0 Å². The molecule has 82 valence electrons. The monoisotopic (exact) mass is 232 g/mol. The van der Waals surface area contributed by atoms with Gasteiger partial charge in [0.05, 0.1) is 11.8 Å². The number of methoxy groups -OCH3 is 1. The normalized spacial score (nSPS) is 12.3. The van der Waals surface area contributed by atoms with Gasteiger partial charge in [-0.25, -0.2) is 0 Å². The second kappa shape index (κ2) is 4.56. The maximum absolute atomic E-state index is 9.47. The number of aliphatic hydroxyl groups is 1. The second-order valence-electron chi connectivity index (χ2n) is 3.48. The molecule has 0 saturated heterocycles. The van der Waals surface area contributed by atoms with Gasteiger partial charge in [0.1, 0.15) is 11.9 Å². The van der Waals surface area contributed by atoms with E-state index < -0.39 is 6.10 Å². The Morgan fingerprint density at radius 1 is 1.50 bits per heavy atom. The summed E-state index contributed by atoms with van der Waals surface area (Å²) in [5, 5.41) is 12.6. The quantitative estimate of drug-likeness (QED) is 0.824. The van der Waals surface area contributed by atoms with Crippen molar-refractivity contribution in [2.24, 2.45) is 0 Å². The second-order valence-corrected chi connectivity index (χ2v) is 4.39. The van der Waals surface area contributed by atoms with Gasteiger partial charge in [0.2, 0.25) is 0 Å². The molecular formula is C13H12O2S. The summed E-state index contributed by atoms with van der Waals surface area (Å²) in [6.07, 6.45) is 4.93. The fraction of sp³-hybridized carbons (Fsp3) is 0.231. The number of rotatable bonds is 3. The van der Waals surface area contributed by atoms with Gasteiger partial charge < -0.3 is 9.84 Å². The van der Waals surface area contributed by atoms with Gasteiger partial charge in [-0.1, -0.05) is 12.0 Å². The number of ether oxygens (including phenoxy) is 1. The molecule has 0 fully saturated rings. The molecule has 0 aliphatic heterocycles. The lowest BCUT2D eigenvalue weighted by Gasteiger charge is -2.08. The molecule has 16 heavy (non-hydrogen) atoms. The van der Waals surface area contributed by atoms with E-state index in [1.165, 1.54) is 0 Å². The highest BCUT2D eigenvalue weighted by Gasteiger charge is 2.10. The van der Waals surface area contributed by atoms with Crippen molar-refractivity contribution in [2.45, 2.75) is 12.5 Å². The smallest absolute Gasteiger partial charge is 0.136 e. The average Bonchev–Trinajstić information content (AvgIpc) is 2.78. The summed E-state index contributed by atoms with van der Waals surface area (Å²) in [6.45, 7) is 0. The van der Waals surface area contributed by atoms with Gasteiger partial charge >= 0.3 is 0 Å². The number of benzene rings is 1.